The zero-order chi connectivity index (χ0) is 16.4. The van der Waals surface area contributed by atoms with Gasteiger partial charge in [-0.2, -0.15) is 0 Å². The SMILES string of the molecule is Cc1cc(C(=O)N(C)CCS(C)(=O)=O)cc(S(=O)(=O)Cl)c1. The van der Waals surface area contributed by atoms with Crippen LogP contribution in [0.2, 0.25) is 0 Å². The molecule has 6 nitrogen and oxygen atoms in total. The Labute approximate surface area is 129 Å². The fourth-order valence-corrected chi connectivity index (χ4v) is 3.10. The van der Waals surface area contributed by atoms with Crippen LogP contribution in [-0.4, -0.2) is 53.2 Å². The van der Waals surface area contributed by atoms with Crippen molar-refractivity contribution < 1.29 is 21.6 Å². The van der Waals surface area contributed by atoms with E-state index in [0.29, 0.717) is 5.56 Å². The van der Waals surface area contributed by atoms with E-state index in [0.717, 1.165) is 6.26 Å². The first-order chi connectivity index (χ1) is 9.40. The lowest BCUT2D eigenvalue weighted by Crippen LogP contribution is -2.31. The molecular weight excluding hydrogens is 338 g/mol. The predicted molar refractivity (Wildman–Crippen MR) is 80.9 cm³/mol. The maximum atomic E-state index is 12.2. The summed E-state index contributed by atoms with van der Waals surface area (Å²) in [7, 11) is -0.397. The molecule has 0 radical (unpaired) electrons. The Morgan fingerprint density at radius 2 is 1.76 bits per heavy atom. The Bertz CT molecular complexity index is 756. The molecule has 0 aliphatic carbocycles. The number of carbonyl (C=O) groups excluding carboxylic acids is 1. The molecule has 0 saturated heterocycles. The minimum Gasteiger partial charge on any atom is -0.341 e. The van der Waals surface area contributed by atoms with Crippen molar-refractivity contribution >= 4 is 35.5 Å². The molecule has 0 aliphatic heterocycles. The van der Waals surface area contributed by atoms with Crippen molar-refractivity contribution in [3.8, 4) is 0 Å². The van der Waals surface area contributed by atoms with Crippen molar-refractivity contribution in [1.82, 2.24) is 4.90 Å². The summed E-state index contributed by atoms with van der Waals surface area (Å²) in [6.45, 7) is 1.66. The first-order valence-electron chi connectivity index (χ1n) is 5.90. The molecule has 21 heavy (non-hydrogen) atoms. The average Bonchev–Trinajstić information content (AvgIpc) is 2.32. The lowest BCUT2D eigenvalue weighted by Gasteiger charge is -2.17. The van der Waals surface area contributed by atoms with Gasteiger partial charge in [-0.05, 0) is 30.7 Å². The summed E-state index contributed by atoms with van der Waals surface area (Å²) in [5, 5.41) is 0. The van der Waals surface area contributed by atoms with Crippen molar-refractivity contribution in [1.29, 1.82) is 0 Å². The van der Waals surface area contributed by atoms with Crippen LogP contribution < -0.4 is 0 Å². The third kappa shape index (κ3) is 5.64. The third-order valence-corrected chi connectivity index (χ3v) is 4.98. The number of amides is 1. The molecule has 0 aliphatic rings. The largest absolute Gasteiger partial charge is 0.341 e. The highest BCUT2D eigenvalue weighted by atomic mass is 35.7. The summed E-state index contributed by atoms with van der Waals surface area (Å²) >= 11 is 0. The number of sulfone groups is 1. The van der Waals surface area contributed by atoms with Gasteiger partial charge in [0, 0.05) is 36.1 Å². The van der Waals surface area contributed by atoms with E-state index in [1.165, 1.54) is 30.1 Å². The minimum absolute atomic E-state index is 0.0224. The van der Waals surface area contributed by atoms with Crippen LogP contribution in [0.4, 0.5) is 0 Å². The lowest BCUT2D eigenvalue weighted by molar-refractivity contribution is 0.0803. The molecule has 0 unspecified atom stereocenters. The molecular formula is C12H16ClNO5S2. The Balaban J connectivity index is 3.05. The predicted octanol–water partition coefficient (Wildman–Crippen LogP) is 1.04. The average molecular weight is 354 g/mol. The zero-order valence-electron chi connectivity index (χ0n) is 11.8. The molecule has 118 valence electrons. The first-order valence-corrected chi connectivity index (χ1v) is 10.3. The molecule has 0 heterocycles. The van der Waals surface area contributed by atoms with Crippen molar-refractivity contribution in [3.05, 3.63) is 29.3 Å². The Kier molecular flexibility index (Phi) is 5.40. The van der Waals surface area contributed by atoms with Crippen LogP contribution >= 0.6 is 10.7 Å². The van der Waals surface area contributed by atoms with E-state index < -0.39 is 24.8 Å². The van der Waals surface area contributed by atoms with E-state index in [-0.39, 0.29) is 22.8 Å². The number of rotatable bonds is 5. The summed E-state index contributed by atoms with van der Waals surface area (Å²) in [5.41, 5.74) is 0.710. The minimum atomic E-state index is -3.94. The highest BCUT2D eigenvalue weighted by Gasteiger charge is 2.18. The number of benzene rings is 1. The molecule has 9 heteroatoms. The van der Waals surface area contributed by atoms with Crippen LogP contribution in [0.3, 0.4) is 0 Å². The topological polar surface area (TPSA) is 88.6 Å². The number of hydrogen-bond donors (Lipinski definition) is 0. The van der Waals surface area contributed by atoms with Gasteiger partial charge in [0.15, 0.2) is 0 Å². The fourth-order valence-electron chi connectivity index (χ4n) is 1.64. The standard InChI is InChI=1S/C12H16ClNO5S2/c1-9-6-10(8-11(7-9)21(13,18)19)12(15)14(2)4-5-20(3,16)17/h6-8H,4-5H2,1-3H3. The van der Waals surface area contributed by atoms with Gasteiger partial charge in [-0.15, -0.1) is 0 Å². The second-order valence-corrected chi connectivity index (χ2v) is 9.65. The van der Waals surface area contributed by atoms with Gasteiger partial charge in [-0.25, -0.2) is 16.8 Å². The number of aryl methyl sites for hydroxylation is 1. The van der Waals surface area contributed by atoms with E-state index in [1.54, 1.807) is 6.92 Å². The maximum Gasteiger partial charge on any atom is 0.261 e. The second-order valence-electron chi connectivity index (χ2n) is 4.83. The van der Waals surface area contributed by atoms with Gasteiger partial charge in [0.05, 0.1) is 10.6 Å². The number of halogens is 1. The Morgan fingerprint density at radius 3 is 2.24 bits per heavy atom. The van der Waals surface area contributed by atoms with Gasteiger partial charge in [-0.1, -0.05) is 0 Å². The highest BCUT2D eigenvalue weighted by molar-refractivity contribution is 8.13. The van der Waals surface area contributed by atoms with E-state index in [2.05, 4.69) is 0 Å². The Morgan fingerprint density at radius 1 is 1.19 bits per heavy atom. The smallest absolute Gasteiger partial charge is 0.261 e. The van der Waals surface area contributed by atoms with Crippen LogP contribution in [0.5, 0.6) is 0 Å². The second kappa shape index (κ2) is 6.33. The van der Waals surface area contributed by atoms with Crippen LogP contribution in [0.1, 0.15) is 15.9 Å². The highest BCUT2D eigenvalue weighted by Crippen LogP contribution is 2.19. The van der Waals surface area contributed by atoms with Crippen molar-refractivity contribution in [2.45, 2.75) is 11.8 Å². The van der Waals surface area contributed by atoms with Crippen molar-refractivity contribution in [2.24, 2.45) is 0 Å². The van der Waals surface area contributed by atoms with Crippen LogP contribution in [-0.2, 0) is 18.9 Å². The van der Waals surface area contributed by atoms with E-state index >= 15 is 0 Å². The van der Waals surface area contributed by atoms with Crippen molar-refractivity contribution in [3.63, 3.8) is 0 Å². The maximum absolute atomic E-state index is 12.2. The van der Waals surface area contributed by atoms with Gasteiger partial charge < -0.3 is 4.90 Å². The number of carbonyl (C=O) groups is 1. The van der Waals surface area contributed by atoms with E-state index in [1.807, 2.05) is 0 Å². The van der Waals surface area contributed by atoms with Gasteiger partial charge in [0.25, 0.3) is 15.0 Å². The van der Waals surface area contributed by atoms with Crippen LogP contribution in [0, 0.1) is 6.92 Å². The first kappa shape index (κ1) is 17.9. The molecule has 0 spiro atoms. The molecule has 0 atom stereocenters. The normalized spacial score (nSPS) is 12.2. The molecule has 0 N–H and O–H groups in total. The molecule has 1 aromatic carbocycles. The summed E-state index contributed by atoms with van der Waals surface area (Å²) in [5.74, 6) is -0.634. The van der Waals surface area contributed by atoms with Crippen LogP contribution in [0.25, 0.3) is 0 Å². The van der Waals surface area contributed by atoms with E-state index in [9.17, 15) is 21.6 Å². The van der Waals surface area contributed by atoms with Gasteiger partial charge >= 0.3 is 0 Å². The van der Waals surface area contributed by atoms with Crippen molar-refractivity contribution in [2.75, 3.05) is 25.6 Å². The molecule has 0 aromatic heterocycles. The molecule has 1 amide bonds. The molecule has 0 fully saturated rings. The van der Waals surface area contributed by atoms with Gasteiger partial charge in [-0.3, -0.25) is 4.79 Å². The zero-order valence-corrected chi connectivity index (χ0v) is 14.2. The number of hydrogen-bond acceptors (Lipinski definition) is 5. The molecule has 0 saturated carbocycles. The van der Waals surface area contributed by atoms with Gasteiger partial charge in [0.1, 0.15) is 9.84 Å². The van der Waals surface area contributed by atoms with Crippen LogP contribution in [0.15, 0.2) is 23.1 Å². The molecule has 0 bridgehead atoms. The molecule has 1 rings (SSSR count). The summed E-state index contributed by atoms with van der Waals surface area (Å²) in [6, 6.07) is 4.05. The lowest BCUT2D eigenvalue weighted by atomic mass is 10.1. The summed E-state index contributed by atoms with van der Waals surface area (Å²) in [6.07, 6.45) is 1.08. The monoisotopic (exact) mass is 353 g/mol. The third-order valence-electron chi connectivity index (χ3n) is 2.72. The van der Waals surface area contributed by atoms with Gasteiger partial charge in [0.2, 0.25) is 0 Å². The number of nitrogens with zero attached hydrogens (tertiary/aromatic N) is 1. The molecule has 1 aromatic rings. The summed E-state index contributed by atoms with van der Waals surface area (Å²) < 4.78 is 44.9. The summed E-state index contributed by atoms with van der Waals surface area (Å²) in [4.78, 5) is 13.2. The fraction of sp³-hybridized carbons (Fsp3) is 0.417. The van der Waals surface area contributed by atoms with E-state index in [4.69, 9.17) is 10.7 Å². The quantitative estimate of drug-likeness (QED) is 0.738. The Hall–Kier alpha value is -1.12.